The first-order valence-corrected chi connectivity index (χ1v) is 55.3. The van der Waals surface area contributed by atoms with Gasteiger partial charge in [0.05, 0.1) is 0 Å². The summed E-state index contributed by atoms with van der Waals surface area (Å²) in [6.07, 6.45) is 81.8. The third kappa shape index (κ3) is 44.1. The second-order valence-corrected chi connectivity index (χ2v) is 45.3. The molecular weight excluding hydrogens is 1410 g/mol. The number of hydrogen-bond acceptors (Lipinski definition) is 4. The normalized spacial score (nSPS) is 14.9. The number of rotatable bonds is 84. The van der Waals surface area contributed by atoms with Gasteiger partial charge in [-0.15, -0.1) is 0 Å². The van der Waals surface area contributed by atoms with Crippen LogP contribution < -0.4 is 0 Å². The molecule has 0 radical (unpaired) electrons. The SMILES string of the molecule is CCCCCCCCCCCCCCCCC(C(C)C)C([O][Ti]([O]C(C(C)C)(C(C)C)C(CCCCCCCCCCCCCCCC)C(C)C)([O]C(C(C)C)(C(C)C)C(CCCCCCCCCCCCCCCC)C(C)C)[O]C(C(C)C)(C(C)C)C(CCCCCCCCCCCCCCCC)C(C)C)(C(C)C)C(C)C. The van der Waals surface area contributed by atoms with Gasteiger partial charge in [0.15, 0.2) is 0 Å². The molecule has 0 saturated heterocycles. The molecule has 0 aromatic heterocycles. The Bertz CT molecular complexity index is 1710. The van der Waals surface area contributed by atoms with E-state index >= 15 is 0 Å². The van der Waals surface area contributed by atoms with Crippen LogP contribution in [0.5, 0.6) is 0 Å². The van der Waals surface area contributed by atoms with E-state index in [-0.39, 0.29) is 71.0 Å². The molecule has 0 aromatic rings. The van der Waals surface area contributed by atoms with Crippen molar-refractivity contribution in [1.82, 2.24) is 0 Å². The maximum atomic E-state index is 9.50. The van der Waals surface area contributed by atoms with Crippen LogP contribution in [0.3, 0.4) is 0 Å². The Morgan fingerprint density at radius 3 is 0.336 bits per heavy atom. The van der Waals surface area contributed by atoms with Gasteiger partial charge in [0.2, 0.25) is 0 Å². The molecule has 5 heteroatoms. The summed E-state index contributed by atoms with van der Waals surface area (Å²) in [5.74, 6) is 4.09. The predicted octanol–water partition coefficient (Wildman–Crippen LogP) is 38.6. The van der Waals surface area contributed by atoms with Crippen LogP contribution in [0.2, 0.25) is 0 Å². The van der Waals surface area contributed by atoms with Crippen LogP contribution in [-0.2, 0) is 31.4 Å². The molecule has 0 amide bonds. The van der Waals surface area contributed by atoms with Crippen LogP contribution in [0.15, 0.2) is 0 Å². The van der Waals surface area contributed by atoms with E-state index in [0.717, 1.165) is 25.7 Å². The first kappa shape index (κ1) is 114. The zero-order valence-corrected chi connectivity index (χ0v) is 85.4. The summed E-state index contributed by atoms with van der Waals surface area (Å²) in [5, 5.41) is 0. The van der Waals surface area contributed by atoms with E-state index in [2.05, 4.69) is 194 Å². The van der Waals surface area contributed by atoms with E-state index in [0.29, 0.717) is 23.7 Å². The van der Waals surface area contributed by atoms with Crippen LogP contribution in [0.1, 0.15) is 579 Å². The topological polar surface area (TPSA) is 36.9 Å². The van der Waals surface area contributed by atoms with Crippen molar-refractivity contribution in [1.29, 1.82) is 0 Å². The molecule has 0 fully saturated rings. The van der Waals surface area contributed by atoms with Gasteiger partial charge in [0.1, 0.15) is 0 Å². The van der Waals surface area contributed by atoms with Crippen LogP contribution in [0.4, 0.5) is 0 Å². The van der Waals surface area contributed by atoms with Gasteiger partial charge >= 0.3 is 546 Å². The Kier molecular flexibility index (Phi) is 69.3. The second-order valence-electron chi connectivity index (χ2n) is 42.5. The van der Waals surface area contributed by atoms with Gasteiger partial charge in [-0.05, 0) is 0 Å². The summed E-state index contributed by atoms with van der Waals surface area (Å²) in [6, 6.07) is 0. The molecule has 0 aliphatic rings. The Labute approximate surface area is 722 Å². The number of hydrogen-bond donors (Lipinski definition) is 0. The van der Waals surface area contributed by atoms with Gasteiger partial charge in [-0.3, -0.25) is 0 Å². The van der Waals surface area contributed by atoms with Gasteiger partial charge in [0.25, 0.3) is 0 Å². The monoisotopic (exact) mass is 1630 g/mol. The molecule has 0 bridgehead atoms. The molecule has 113 heavy (non-hydrogen) atoms. The van der Waals surface area contributed by atoms with Crippen molar-refractivity contribution in [2.45, 2.75) is 602 Å². The zero-order valence-electron chi connectivity index (χ0n) is 83.8. The third-order valence-electron chi connectivity index (χ3n) is 29.4. The van der Waals surface area contributed by atoms with Gasteiger partial charge in [-0.2, -0.15) is 0 Å². The van der Waals surface area contributed by atoms with E-state index in [9.17, 15) is 13.3 Å². The predicted molar refractivity (Wildman–Crippen MR) is 507 cm³/mol. The molecule has 4 unspecified atom stereocenters. The summed E-state index contributed by atoms with van der Waals surface area (Å²) >= 11 is -5.58. The number of unbranched alkanes of at least 4 members (excludes halogenated alkanes) is 52. The van der Waals surface area contributed by atoms with Crippen molar-refractivity contribution in [3.05, 3.63) is 0 Å². The molecule has 0 spiro atoms. The third-order valence-corrected chi connectivity index (χ3v) is 33.2. The molecule has 0 saturated carbocycles. The van der Waals surface area contributed by atoms with E-state index < -0.39 is 40.5 Å². The molecule has 0 aromatic carbocycles. The minimum absolute atomic E-state index is 0.180. The van der Waals surface area contributed by atoms with Crippen molar-refractivity contribution in [3.8, 4) is 0 Å². The fraction of sp³-hybridized carbons (Fsp3) is 1.00. The molecule has 0 N–H and O–H groups in total. The molecule has 0 heterocycles. The molecule has 4 nitrogen and oxygen atoms in total. The average Bonchev–Trinajstić information content (AvgIpc) is 0.713. The first-order chi connectivity index (χ1) is 53.9. The van der Waals surface area contributed by atoms with Crippen molar-refractivity contribution in [3.63, 3.8) is 0 Å². The van der Waals surface area contributed by atoms with Gasteiger partial charge in [0, 0.05) is 0 Å². The molecule has 4 atom stereocenters. The molecule has 680 valence electrons. The summed E-state index contributed by atoms with van der Waals surface area (Å²) in [6.45, 7) is 70.9. The van der Waals surface area contributed by atoms with Crippen molar-refractivity contribution in [2.75, 3.05) is 0 Å². The molecule has 0 aliphatic carbocycles. The standard InChI is InChI=1S/4C27H55O.Ti/c4*1-8-9-10-11-12-13-14-15-16-17-18-19-20-21-22-26(23(2)3)27(28,24(4)5)25(6)7;/h4*23-26H,8-22H2,1-7H3;/q4*-1;+4. The van der Waals surface area contributed by atoms with Crippen molar-refractivity contribution < 1.29 is 31.4 Å². The fourth-order valence-corrected chi connectivity index (χ4v) is 29.9. The van der Waals surface area contributed by atoms with Crippen LogP contribution in [0.25, 0.3) is 0 Å². The quantitative estimate of drug-likeness (QED) is 0.0449. The van der Waals surface area contributed by atoms with E-state index in [1.165, 1.54) is 360 Å². The van der Waals surface area contributed by atoms with Crippen LogP contribution in [-0.4, -0.2) is 22.4 Å². The fourth-order valence-electron chi connectivity index (χ4n) is 22.9. The summed E-state index contributed by atoms with van der Waals surface area (Å²) in [5.41, 5.74) is -2.41. The van der Waals surface area contributed by atoms with Crippen molar-refractivity contribution in [2.24, 2.45) is 94.7 Å². The van der Waals surface area contributed by atoms with Crippen molar-refractivity contribution >= 4 is 0 Å². The van der Waals surface area contributed by atoms with E-state index in [1.54, 1.807) is 0 Å². The summed E-state index contributed by atoms with van der Waals surface area (Å²) < 4.78 is 38.0. The Morgan fingerprint density at radius 1 is 0.150 bits per heavy atom. The van der Waals surface area contributed by atoms with Gasteiger partial charge < -0.3 is 0 Å². The Hall–Kier alpha value is 0.554. The molecule has 0 aliphatic heterocycles. The summed E-state index contributed by atoms with van der Waals surface area (Å²) in [7, 11) is 0. The zero-order chi connectivity index (χ0) is 85.0. The second kappa shape index (κ2) is 68.9. The minimum atomic E-state index is -5.58. The van der Waals surface area contributed by atoms with E-state index in [1.807, 2.05) is 0 Å². The first-order valence-electron chi connectivity index (χ1n) is 52.7. The maximum absolute atomic E-state index is 9.50. The van der Waals surface area contributed by atoms with Crippen LogP contribution in [0, 0.1) is 94.7 Å². The molecule has 0 rings (SSSR count). The summed E-state index contributed by atoms with van der Waals surface area (Å²) in [4.78, 5) is 0. The Morgan fingerprint density at radius 2 is 0.248 bits per heavy atom. The van der Waals surface area contributed by atoms with Crippen LogP contribution >= 0.6 is 0 Å². The van der Waals surface area contributed by atoms with Gasteiger partial charge in [-0.1, -0.05) is 182 Å². The Balaban J connectivity index is 9.01. The van der Waals surface area contributed by atoms with E-state index in [4.69, 9.17) is 0 Å². The average molecular weight is 1630 g/mol. The molecular formula is C108H220O4Ti. The van der Waals surface area contributed by atoms with Gasteiger partial charge in [-0.25, -0.2) is 0 Å².